The summed E-state index contributed by atoms with van der Waals surface area (Å²) in [4.78, 5) is 0. The summed E-state index contributed by atoms with van der Waals surface area (Å²) in [6.45, 7) is 0. The molecule has 0 heterocycles. The van der Waals surface area contributed by atoms with Gasteiger partial charge in [0.2, 0.25) is 0 Å². The van der Waals surface area contributed by atoms with E-state index in [0.717, 1.165) is 0 Å². The molecule has 0 bridgehead atoms. The zero-order chi connectivity index (χ0) is 15.9. The minimum atomic E-state index is -0.519. The van der Waals surface area contributed by atoms with Crippen LogP contribution in [0, 0.1) is 11.6 Å². The Morgan fingerprint density at radius 1 is 0.545 bits per heavy atom. The van der Waals surface area contributed by atoms with Gasteiger partial charge < -0.3 is 11.5 Å². The zero-order valence-electron chi connectivity index (χ0n) is 11.8. The van der Waals surface area contributed by atoms with Gasteiger partial charge in [0.1, 0.15) is 11.6 Å². The van der Waals surface area contributed by atoms with E-state index in [4.69, 9.17) is 11.5 Å². The first kappa shape index (κ1) is 15.5. The van der Waals surface area contributed by atoms with Crippen LogP contribution >= 0.6 is 0 Å². The predicted octanol–water partition coefficient (Wildman–Crippen LogP) is 4.48. The van der Waals surface area contributed by atoms with Crippen molar-refractivity contribution in [1.29, 1.82) is 0 Å². The fourth-order valence-electron chi connectivity index (χ4n) is 1.80. The van der Waals surface area contributed by atoms with Crippen LogP contribution in [-0.4, -0.2) is 0 Å². The van der Waals surface area contributed by atoms with Crippen LogP contribution in [0.25, 0.3) is 11.1 Å². The van der Waals surface area contributed by atoms with Gasteiger partial charge in [0.15, 0.2) is 0 Å². The lowest BCUT2D eigenvalue weighted by Gasteiger charge is -2.05. The third-order valence-corrected chi connectivity index (χ3v) is 3.00. The maximum atomic E-state index is 13.2. The van der Waals surface area contributed by atoms with Gasteiger partial charge in [-0.1, -0.05) is 48.5 Å². The molecule has 4 N–H and O–H groups in total. The van der Waals surface area contributed by atoms with Crippen molar-refractivity contribution in [3.8, 4) is 11.1 Å². The molecule has 0 saturated heterocycles. The number of halogens is 2. The Bertz CT molecular complexity index is 667. The minimum absolute atomic E-state index is 0.0691. The maximum absolute atomic E-state index is 13.2. The van der Waals surface area contributed by atoms with Crippen LogP contribution in [-0.2, 0) is 0 Å². The molecule has 2 nitrogen and oxygen atoms in total. The summed E-state index contributed by atoms with van der Waals surface area (Å²) in [6, 6.07) is 20.7. The summed E-state index contributed by atoms with van der Waals surface area (Å²) in [6.07, 6.45) is 0. The standard InChI is InChI=1S/C12H10F2N2.C6H6/c13-9-5-7(1-3-11(9)15)8-2-4-12(16)10(14)6-8;1-2-4-6-5-3-1/h1-6H,15-16H2;1-6H. The second-order valence-electron chi connectivity index (χ2n) is 4.63. The van der Waals surface area contributed by atoms with Gasteiger partial charge in [-0.3, -0.25) is 0 Å². The van der Waals surface area contributed by atoms with Crippen molar-refractivity contribution < 1.29 is 8.78 Å². The third kappa shape index (κ3) is 4.06. The van der Waals surface area contributed by atoms with Crippen molar-refractivity contribution in [3.05, 3.63) is 84.4 Å². The second kappa shape index (κ2) is 7.22. The van der Waals surface area contributed by atoms with Crippen LogP contribution in [0.2, 0.25) is 0 Å². The van der Waals surface area contributed by atoms with Crippen molar-refractivity contribution in [2.45, 2.75) is 0 Å². The van der Waals surface area contributed by atoms with Crippen LogP contribution < -0.4 is 11.5 Å². The van der Waals surface area contributed by atoms with E-state index in [1.54, 1.807) is 12.1 Å². The first-order chi connectivity index (χ1) is 10.6. The van der Waals surface area contributed by atoms with Crippen LogP contribution in [0.3, 0.4) is 0 Å². The molecule has 3 aromatic carbocycles. The topological polar surface area (TPSA) is 52.0 Å². The maximum Gasteiger partial charge on any atom is 0.146 e. The lowest BCUT2D eigenvalue weighted by atomic mass is 10.0. The Hall–Kier alpha value is -2.88. The van der Waals surface area contributed by atoms with Gasteiger partial charge in [-0.2, -0.15) is 0 Å². The highest BCUT2D eigenvalue weighted by Crippen LogP contribution is 2.25. The van der Waals surface area contributed by atoms with E-state index < -0.39 is 11.6 Å². The molecule has 0 aliphatic carbocycles. The molecule has 3 aromatic rings. The normalized spacial score (nSPS) is 9.73. The van der Waals surface area contributed by atoms with E-state index in [2.05, 4.69) is 0 Å². The molecule has 0 saturated carbocycles. The summed E-state index contributed by atoms with van der Waals surface area (Å²) < 4.78 is 26.4. The number of hydrogen-bond donors (Lipinski definition) is 2. The largest absolute Gasteiger partial charge is 0.396 e. The average Bonchev–Trinajstić information content (AvgIpc) is 2.55. The molecule has 112 valence electrons. The molecule has 3 rings (SSSR count). The monoisotopic (exact) mass is 298 g/mol. The van der Waals surface area contributed by atoms with Crippen LogP contribution in [0.1, 0.15) is 0 Å². The lowest BCUT2D eigenvalue weighted by Crippen LogP contribution is -1.92. The summed E-state index contributed by atoms with van der Waals surface area (Å²) >= 11 is 0. The highest BCUT2D eigenvalue weighted by atomic mass is 19.1. The fourth-order valence-corrected chi connectivity index (χ4v) is 1.80. The van der Waals surface area contributed by atoms with Crippen molar-refractivity contribution >= 4 is 11.4 Å². The molecular weight excluding hydrogens is 282 g/mol. The Kier molecular flexibility index (Phi) is 5.09. The summed E-state index contributed by atoms with van der Waals surface area (Å²) in [5.41, 5.74) is 12.0. The first-order valence-corrected chi connectivity index (χ1v) is 6.68. The number of nitrogens with two attached hydrogens (primary N) is 2. The van der Waals surface area contributed by atoms with Crippen molar-refractivity contribution in [1.82, 2.24) is 0 Å². The molecule has 0 amide bonds. The molecule has 0 aromatic heterocycles. The van der Waals surface area contributed by atoms with Crippen LogP contribution in [0.4, 0.5) is 20.2 Å². The van der Waals surface area contributed by atoms with Crippen molar-refractivity contribution in [2.75, 3.05) is 11.5 Å². The fraction of sp³-hybridized carbons (Fsp3) is 0. The highest BCUT2D eigenvalue weighted by molar-refractivity contribution is 5.67. The average molecular weight is 298 g/mol. The summed E-state index contributed by atoms with van der Waals surface area (Å²) in [5, 5.41) is 0. The van der Waals surface area contributed by atoms with E-state index in [0.29, 0.717) is 11.1 Å². The Morgan fingerprint density at radius 2 is 0.864 bits per heavy atom. The van der Waals surface area contributed by atoms with E-state index in [9.17, 15) is 8.78 Å². The van der Waals surface area contributed by atoms with Gasteiger partial charge in [0.05, 0.1) is 11.4 Å². The third-order valence-electron chi connectivity index (χ3n) is 3.00. The van der Waals surface area contributed by atoms with E-state index in [1.807, 2.05) is 36.4 Å². The molecule has 0 aliphatic rings. The zero-order valence-corrected chi connectivity index (χ0v) is 11.8. The first-order valence-electron chi connectivity index (χ1n) is 6.68. The number of nitrogen functional groups attached to an aromatic ring is 2. The molecule has 0 fully saturated rings. The number of benzene rings is 3. The van der Waals surface area contributed by atoms with Gasteiger partial charge in [0.25, 0.3) is 0 Å². The second-order valence-corrected chi connectivity index (χ2v) is 4.63. The Labute approximate surface area is 128 Å². The van der Waals surface area contributed by atoms with E-state index >= 15 is 0 Å². The van der Waals surface area contributed by atoms with E-state index in [-0.39, 0.29) is 11.4 Å². The molecule has 0 unspecified atom stereocenters. The Balaban J connectivity index is 0.000000246. The quantitative estimate of drug-likeness (QED) is 0.651. The number of anilines is 2. The molecule has 0 aliphatic heterocycles. The van der Waals surface area contributed by atoms with Crippen LogP contribution in [0.5, 0.6) is 0 Å². The number of hydrogen-bond acceptors (Lipinski definition) is 2. The SMILES string of the molecule is Nc1ccc(-c2ccc(N)c(F)c2)cc1F.c1ccccc1. The van der Waals surface area contributed by atoms with Gasteiger partial charge in [-0.05, 0) is 35.4 Å². The Morgan fingerprint density at radius 3 is 1.14 bits per heavy atom. The molecule has 0 atom stereocenters. The minimum Gasteiger partial charge on any atom is -0.396 e. The van der Waals surface area contributed by atoms with Gasteiger partial charge in [-0.15, -0.1) is 0 Å². The predicted molar refractivity (Wildman–Crippen MR) is 87.1 cm³/mol. The molecule has 0 radical (unpaired) electrons. The van der Waals surface area contributed by atoms with Crippen molar-refractivity contribution in [3.63, 3.8) is 0 Å². The highest BCUT2D eigenvalue weighted by Gasteiger charge is 2.05. The van der Waals surface area contributed by atoms with Gasteiger partial charge in [0, 0.05) is 0 Å². The van der Waals surface area contributed by atoms with Crippen LogP contribution in [0.15, 0.2) is 72.8 Å². The van der Waals surface area contributed by atoms with Gasteiger partial charge >= 0.3 is 0 Å². The lowest BCUT2D eigenvalue weighted by molar-refractivity contribution is 0.631. The summed E-state index contributed by atoms with van der Waals surface area (Å²) in [5.74, 6) is -1.04. The summed E-state index contributed by atoms with van der Waals surface area (Å²) in [7, 11) is 0. The molecular formula is C18H16F2N2. The van der Waals surface area contributed by atoms with E-state index in [1.165, 1.54) is 24.3 Å². The molecule has 22 heavy (non-hydrogen) atoms. The molecule has 4 heteroatoms. The number of rotatable bonds is 1. The van der Waals surface area contributed by atoms with Crippen molar-refractivity contribution in [2.24, 2.45) is 0 Å². The van der Waals surface area contributed by atoms with Gasteiger partial charge in [-0.25, -0.2) is 8.78 Å². The smallest absolute Gasteiger partial charge is 0.146 e. The molecule has 0 spiro atoms.